The second-order valence-electron chi connectivity index (χ2n) is 6.18. The van der Waals surface area contributed by atoms with Crippen molar-refractivity contribution in [1.29, 1.82) is 0 Å². The summed E-state index contributed by atoms with van der Waals surface area (Å²) in [7, 11) is 0. The maximum absolute atomic E-state index is 11.7. The van der Waals surface area contributed by atoms with Gasteiger partial charge in [-0.15, -0.1) is 6.58 Å². The number of carbonyl (C=O) groups excluding carboxylic acids is 2. The van der Waals surface area contributed by atoms with Crippen LogP contribution in [-0.2, 0) is 19.1 Å². The van der Waals surface area contributed by atoms with Crippen molar-refractivity contribution in [1.82, 2.24) is 0 Å². The van der Waals surface area contributed by atoms with Gasteiger partial charge in [-0.1, -0.05) is 45.1 Å². The molecule has 0 spiro atoms. The largest absolute Gasteiger partial charge is 0.463 e. The van der Waals surface area contributed by atoms with E-state index in [1.165, 1.54) is 32.1 Å². The van der Waals surface area contributed by atoms with E-state index >= 15 is 0 Å². The molecule has 0 radical (unpaired) electrons. The van der Waals surface area contributed by atoms with Crippen LogP contribution in [0.3, 0.4) is 0 Å². The van der Waals surface area contributed by atoms with Gasteiger partial charge in [0.2, 0.25) is 0 Å². The van der Waals surface area contributed by atoms with Crippen LogP contribution in [0.15, 0.2) is 12.7 Å². The van der Waals surface area contributed by atoms with Crippen LogP contribution < -0.4 is 0 Å². The first-order valence-corrected chi connectivity index (χ1v) is 8.99. The van der Waals surface area contributed by atoms with E-state index in [2.05, 4.69) is 13.5 Å². The fourth-order valence-corrected chi connectivity index (χ4v) is 2.32. The SMILES string of the molecule is C=CCC(C)OC(=O)CCC(=O)OC(C)CCCCCCCC. The summed E-state index contributed by atoms with van der Waals surface area (Å²) in [5.41, 5.74) is 0. The van der Waals surface area contributed by atoms with Crippen molar-refractivity contribution in [2.75, 3.05) is 0 Å². The second-order valence-corrected chi connectivity index (χ2v) is 6.18. The molecule has 134 valence electrons. The van der Waals surface area contributed by atoms with E-state index in [9.17, 15) is 9.59 Å². The molecule has 0 aromatic rings. The lowest BCUT2D eigenvalue weighted by atomic mass is 10.1. The van der Waals surface area contributed by atoms with Crippen LogP contribution >= 0.6 is 0 Å². The summed E-state index contributed by atoms with van der Waals surface area (Å²) >= 11 is 0. The molecule has 0 aliphatic carbocycles. The second kappa shape index (κ2) is 14.3. The Morgan fingerprint density at radius 3 is 2.00 bits per heavy atom. The average Bonchev–Trinajstić information content (AvgIpc) is 2.49. The fraction of sp³-hybridized carbons (Fsp3) is 0.789. The predicted octanol–water partition coefficient (Wildman–Crippen LogP) is 4.96. The summed E-state index contributed by atoms with van der Waals surface area (Å²) in [5, 5.41) is 0. The predicted molar refractivity (Wildman–Crippen MR) is 93.1 cm³/mol. The van der Waals surface area contributed by atoms with Crippen LogP contribution in [0, 0.1) is 0 Å². The Bertz CT molecular complexity index is 338. The zero-order valence-corrected chi connectivity index (χ0v) is 15.1. The first-order valence-electron chi connectivity index (χ1n) is 8.99. The Labute approximate surface area is 141 Å². The van der Waals surface area contributed by atoms with Crippen LogP contribution in [-0.4, -0.2) is 24.1 Å². The third-order valence-corrected chi connectivity index (χ3v) is 3.66. The molecule has 0 N–H and O–H groups in total. The van der Waals surface area contributed by atoms with Crippen LogP contribution in [0.4, 0.5) is 0 Å². The topological polar surface area (TPSA) is 52.6 Å². The zero-order chi connectivity index (χ0) is 17.5. The van der Waals surface area contributed by atoms with E-state index in [1.54, 1.807) is 13.0 Å². The van der Waals surface area contributed by atoms with Gasteiger partial charge in [-0.05, 0) is 26.7 Å². The highest BCUT2D eigenvalue weighted by Gasteiger charge is 2.14. The van der Waals surface area contributed by atoms with E-state index in [1.807, 2.05) is 6.92 Å². The van der Waals surface area contributed by atoms with Crippen molar-refractivity contribution in [2.24, 2.45) is 0 Å². The minimum Gasteiger partial charge on any atom is -0.463 e. The van der Waals surface area contributed by atoms with Crippen molar-refractivity contribution in [2.45, 2.75) is 97.2 Å². The van der Waals surface area contributed by atoms with Gasteiger partial charge in [0, 0.05) is 6.42 Å². The van der Waals surface area contributed by atoms with Crippen molar-refractivity contribution in [3.63, 3.8) is 0 Å². The van der Waals surface area contributed by atoms with Gasteiger partial charge in [0.25, 0.3) is 0 Å². The quantitative estimate of drug-likeness (QED) is 0.257. The lowest BCUT2D eigenvalue weighted by Crippen LogP contribution is -2.18. The number of ether oxygens (including phenoxy) is 2. The molecule has 0 aliphatic heterocycles. The lowest BCUT2D eigenvalue weighted by Gasteiger charge is -2.14. The third kappa shape index (κ3) is 14.0. The number of hydrogen-bond acceptors (Lipinski definition) is 4. The first kappa shape index (κ1) is 21.7. The molecule has 2 unspecified atom stereocenters. The Morgan fingerprint density at radius 2 is 1.43 bits per heavy atom. The molecular weight excluding hydrogens is 292 g/mol. The normalized spacial score (nSPS) is 13.2. The van der Waals surface area contributed by atoms with Gasteiger partial charge in [0.1, 0.15) is 6.10 Å². The Balaban J connectivity index is 3.67. The van der Waals surface area contributed by atoms with Gasteiger partial charge in [0.05, 0.1) is 18.9 Å². The minimum absolute atomic E-state index is 0.0735. The molecule has 4 nitrogen and oxygen atoms in total. The van der Waals surface area contributed by atoms with Crippen molar-refractivity contribution >= 4 is 11.9 Å². The van der Waals surface area contributed by atoms with Gasteiger partial charge in [0.15, 0.2) is 0 Å². The number of esters is 2. The fourth-order valence-electron chi connectivity index (χ4n) is 2.32. The molecule has 0 aromatic carbocycles. The van der Waals surface area contributed by atoms with Crippen LogP contribution in [0.1, 0.15) is 85.0 Å². The Hall–Kier alpha value is -1.32. The van der Waals surface area contributed by atoms with E-state index in [4.69, 9.17) is 9.47 Å². The number of rotatable bonds is 14. The molecule has 0 fully saturated rings. The molecule has 0 aromatic heterocycles. The summed E-state index contributed by atoms with van der Waals surface area (Å²) in [4.78, 5) is 23.2. The molecule has 0 heterocycles. The molecule has 2 atom stereocenters. The van der Waals surface area contributed by atoms with Crippen LogP contribution in [0.25, 0.3) is 0 Å². The zero-order valence-electron chi connectivity index (χ0n) is 15.1. The monoisotopic (exact) mass is 326 g/mol. The van der Waals surface area contributed by atoms with Crippen molar-refractivity contribution in [3.8, 4) is 0 Å². The van der Waals surface area contributed by atoms with E-state index in [0.29, 0.717) is 6.42 Å². The molecule has 4 heteroatoms. The molecule has 0 rings (SSSR count). The lowest BCUT2D eigenvalue weighted by molar-refractivity contribution is -0.155. The molecule has 0 saturated carbocycles. The summed E-state index contributed by atoms with van der Waals surface area (Å²) in [5.74, 6) is -0.684. The first-order chi connectivity index (χ1) is 11.0. The maximum atomic E-state index is 11.7. The smallest absolute Gasteiger partial charge is 0.306 e. The number of hydrogen-bond donors (Lipinski definition) is 0. The minimum atomic E-state index is -0.361. The molecular formula is C19H34O4. The molecule has 23 heavy (non-hydrogen) atoms. The summed E-state index contributed by atoms with van der Waals surface area (Å²) in [6, 6.07) is 0. The van der Waals surface area contributed by atoms with Gasteiger partial charge >= 0.3 is 11.9 Å². The summed E-state index contributed by atoms with van der Waals surface area (Å²) < 4.78 is 10.5. The molecule has 0 saturated heterocycles. The van der Waals surface area contributed by atoms with Crippen molar-refractivity contribution in [3.05, 3.63) is 12.7 Å². The third-order valence-electron chi connectivity index (χ3n) is 3.66. The highest BCUT2D eigenvalue weighted by molar-refractivity contribution is 5.77. The van der Waals surface area contributed by atoms with Crippen LogP contribution in [0.5, 0.6) is 0 Å². The summed E-state index contributed by atoms with van der Waals surface area (Å²) in [6.07, 6.45) is 10.5. The summed E-state index contributed by atoms with van der Waals surface area (Å²) in [6.45, 7) is 9.52. The Kier molecular flexibility index (Phi) is 13.5. The number of unbranched alkanes of at least 4 members (excludes halogenated alkanes) is 5. The van der Waals surface area contributed by atoms with E-state index in [-0.39, 0.29) is 37.0 Å². The molecule has 0 aliphatic rings. The maximum Gasteiger partial charge on any atom is 0.306 e. The van der Waals surface area contributed by atoms with Crippen molar-refractivity contribution < 1.29 is 19.1 Å². The van der Waals surface area contributed by atoms with Crippen LogP contribution in [0.2, 0.25) is 0 Å². The van der Waals surface area contributed by atoms with E-state index < -0.39 is 0 Å². The number of carbonyl (C=O) groups is 2. The average molecular weight is 326 g/mol. The molecule has 0 amide bonds. The van der Waals surface area contributed by atoms with Gasteiger partial charge in [-0.3, -0.25) is 9.59 Å². The van der Waals surface area contributed by atoms with Gasteiger partial charge in [-0.2, -0.15) is 0 Å². The standard InChI is InChI=1S/C19H34O4/c1-5-7-8-9-10-11-13-17(4)23-19(21)15-14-18(20)22-16(3)12-6-2/h6,16-17H,2,5,7-15H2,1,3-4H3. The van der Waals surface area contributed by atoms with E-state index in [0.717, 1.165) is 12.8 Å². The van der Waals surface area contributed by atoms with Gasteiger partial charge in [-0.25, -0.2) is 0 Å². The Morgan fingerprint density at radius 1 is 0.913 bits per heavy atom. The molecule has 0 bridgehead atoms. The highest BCUT2D eigenvalue weighted by Crippen LogP contribution is 2.11. The highest BCUT2D eigenvalue weighted by atomic mass is 16.5. The van der Waals surface area contributed by atoms with Gasteiger partial charge < -0.3 is 9.47 Å².